The predicted octanol–water partition coefficient (Wildman–Crippen LogP) is -0.648. The van der Waals surface area contributed by atoms with Crippen LogP contribution < -0.4 is 5.73 Å². The standard InChI is InChI=1S/C6H7N5O/c1-3-4(7)5(12)11-6(10-3)8-2-9-11/h2,4H,7H2,1H3. The number of nitrogens with two attached hydrogens (primary N) is 1. The second-order valence-electron chi connectivity index (χ2n) is 2.54. The van der Waals surface area contributed by atoms with Gasteiger partial charge in [0.15, 0.2) is 0 Å². The van der Waals surface area contributed by atoms with E-state index < -0.39 is 6.04 Å². The van der Waals surface area contributed by atoms with Gasteiger partial charge in [-0.15, -0.1) is 0 Å². The van der Waals surface area contributed by atoms with Crippen molar-refractivity contribution in [2.24, 2.45) is 10.7 Å². The van der Waals surface area contributed by atoms with E-state index in [1.54, 1.807) is 6.92 Å². The maximum absolute atomic E-state index is 11.3. The highest BCUT2D eigenvalue weighted by Crippen LogP contribution is 2.13. The van der Waals surface area contributed by atoms with Crippen molar-refractivity contribution in [1.82, 2.24) is 14.8 Å². The first-order valence-electron chi connectivity index (χ1n) is 3.45. The summed E-state index contributed by atoms with van der Waals surface area (Å²) in [6.07, 6.45) is 1.28. The Kier molecular flexibility index (Phi) is 1.31. The number of hydrogen-bond acceptors (Lipinski definition) is 5. The largest absolute Gasteiger partial charge is 0.315 e. The van der Waals surface area contributed by atoms with E-state index in [2.05, 4.69) is 15.1 Å². The van der Waals surface area contributed by atoms with Crippen LogP contribution in [0.1, 0.15) is 11.7 Å². The van der Waals surface area contributed by atoms with E-state index in [0.717, 1.165) is 4.68 Å². The van der Waals surface area contributed by atoms with Gasteiger partial charge in [-0.3, -0.25) is 4.79 Å². The molecule has 1 aliphatic heterocycles. The second-order valence-corrected chi connectivity index (χ2v) is 2.54. The smallest absolute Gasteiger partial charge is 0.272 e. The van der Waals surface area contributed by atoms with Crippen LogP contribution in [0.2, 0.25) is 0 Å². The molecule has 2 N–H and O–H groups in total. The second kappa shape index (κ2) is 2.21. The van der Waals surface area contributed by atoms with Crippen molar-refractivity contribution in [3.63, 3.8) is 0 Å². The summed E-state index contributed by atoms with van der Waals surface area (Å²) in [5.41, 5.74) is 6.10. The highest BCUT2D eigenvalue weighted by Gasteiger charge is 2.26. The van der Waals surface area contributed by atoms with Crippen LogP contribution in [0.25, 0.3) is 0 Å². The van der Waals surface area contributed by atoms with Gasteiger partial charge in [0.2, 0.25) is 0 Å². The van der Waals surface area contributed by atoms with Gasteiger partial charge in [0.1, 0.15) is 12.4 Å². The number of fused-ring (bicyclic) bond motifs is 1. The summed E-state index contributed by atoms with van der Waals surface area (Å²) in [6.45, 7) is 1.70. The van der Waals surface area contributed by atoms with Gasteiger partial charge in [0.05, 0.1) is 0 Å². The number of hydrogen-bond donors (Lipinski definition) is 1. The molecular weight excluding hydrogens is 158 g/mol. The van der Waals surface area contributed by atoms with Crippen LogP contribution in [0.15, 0.2) is 11.3 Å². The molecule has 6 heteroatoms. The lowest BCUT2D eigenvalue weighted by Gasteiger charge is -2.14. The summed E-state index contributed by atoms with van der Waals surface area (Å²) >= 11 is 0. The van der Waals surface area contributed by atoms with E-state index >= 15 is 0 Å². The van der Waals surface area contributed by atoms with Crippen molar-refractivity contribution in [1.29, 1.82) is 0 Å². The fourth-order valence-corrected chi connectivity index (χ4v) is 1.00. The number of nitrogens with zero attached hydrogens (tertiary/aromatic N) is 4. The fourth-order valence-electron chi connectivity index (χ4n) is 1.00. The monoisotopic (exact) mass is 165 g/mol. The molecule has 2 rings (SSSR count). The highest BCUT2D eigenvalue weighted by atomic mass is 16.2. The molecule has 1 atom stereocenters. The molecule has 0 amide bonds. The van der Waals surface area contributed by atoms with Crippen LogP contribution in [0.5, 0.6) is 0 Å². The van der Waals surface area contributed by atoms with E-state index in [-0.39, 0.29) is 5.91 Å². The average Bonchev–Trinajstić information content (AvgIpc) is 2.48. The summed E-state index contributed by atoms with van der Waals surface area (Å²) in [6, 6.07) is -0.681. The zero-order valence-corrected chi connectivity index (χ0v) is 6.43. The first kappa shape index (κ1) is 7.11. The third-order valence-corrected chi connectivity index (χ3v) is 1.73. The van der Waals surface area contributed by atoms with Crippen molar-refractivity contribution < 1.29 is 4.79 Å². The van der Waals surface area contributed by atoms with E-state index in [1.165, 1.54) is 6.33 Å². The zero-order chi connectivity index (χ0) is 8.72. The number of carbonyl (C=O) groups is 1. The maximum Gasteiger partial charge on any atom is 0.272 e. The van der Waals surface area contributed by atoms with Gasteiger partial charge in [0.25, 0.3) is 11.9 Å². The minimum absolute atomic E-state index is 0.282. The molecule has 0 fully saturated rings. The predicted molar refractivity (Wildman–Crippen MR) is 41.4 cm³/mol. The molecule has 0 bridgehead atoms. The minimum atomic E-state index is -0.681. The van der Waals surface area contributed by atoms with E-state index in [0.29, 0.717) is 11.7 Å². The summed E-state index contributed by atoms with van der Waals surface area (Å²) in [5, 5.41) is 3.69. The summed E-state index contributed by atoms with van der Waals surface area (Å²) < 4.78 is 1.11. The topological polar surface area (TPSA) is 86.2 Å². The van der Waals surface area contributed by atoms with Crippen LogP contribution in [-0.4, -0.2) is 32.4 Å². The highest BCUT2D eigenvalue weighted by molar-refractivity contribution is 6.10. The molecule has 1 unspecified atom stereocenters. The number of carbonyl (C=O) groups excluding carboxylic acids is 1. The Bertz CT molecular complexity index is 366. The van der Waals surface area contributed by atoms with Crippen LogP contribution in [0.4, 0.5) is 5.95 Å². The molecule has 1 aliphatic rings. The first-order valence-corrected chi connectivity index (χ1v) is 3.45. The number of rotatable bonds is 0. The number of aromatic nitrogens is 3. The molecule has 0 saturated heterocycles. The molecule has 0 spiro atoms. The molecule has 2 heterocycles. The average molecular weight is 165 g/mol. The minimum Gasteiger partial charge on any atom is -0.315 e. The first-order chi connectivity index (χ1) is 5.70. The third-order valence-electron chi connectivity index (χ3n) is 1.73. The van der Waals surface area contributed by atoms with Crippen LogP contribution in [0.3, 0.4) is 0 Å². The van der Waals surface area contributed by atoms with Crippen molar-refractivity contribution in [3.8, 4) is 0 Å². The van der Waals surface area contributed by atoms with Gasteiger partial charge >= 0.3 is 0 Å². The Morgan fingerprint density at radius 1 is 1.67 bits per heavy atom. The van der Waals surface area contributed by atoms with Gasteiger partial charge in [0, 0.05) is 5.71 Å². The Labute approximate surface area is 68.1 Å². The van der Waals surface area contributed by atoms with Gasteiger partial charge in [-0.25, -0.2) is 4.99 Å². The van der Waals surface area contributed by atoms with Gasteiger partial charge in [-0.1, -0.05) is 0 Å². The quantitative estimate of drug-likeness (QED) is 0.553. The molecule has 0 saturated carbocycles. The van der Waals surface area contributed by atoms with Crippen LogP contribution in [-0.2, 0) is 0 Å². The summed E-state index contributed by atoms with van der Waals surface area (Å²) in [5.74, 6) is 0.0224. The SMILES string of the molecule is CC1=Nc2ncnn2C(=O)C1N. The van der Waals surface area contributed by atoms with Gasteiger partial charge in [-0.05, 0) is 6.92 Å². The normalized spacial score (nSPS) is 22.0. The lowest BCUT2D eigenvalue weighted by molar-refractivity contribution is 0.0887. The van der Waals surface area contributed by atoms with Crippen LogP contribution in [0, 0.1) is 0 Å². The van der Waals surface area contributed by atoms with Crippen molar-refractivity contribution >= 4 is 17.6 Å². The Morgan fingerprint density at radius 3 is 3.17 bits per heavy atom. The maximum atomic E-state index is 11.3. The number of aliphatic imine (C=N–C) groups is 1. The molecule has 62 valence electrons. The lowest BCUT2D eigenvalue weighted by atomic mass is 10.2. The Balaban J connectivity index is 2.60. The van der Waals surface area contributed by atoms with Crippen molar-refractivity contribution in [2.45, 2.75) is 13.0 Å². The van der Waals surface area contributed by atoms with Gasteiger partial charge < -0.3 is 5.73 Å². The van der Waals surface area contributed by atoms with E-state index in [9.17, 15) is 4.79 Å². The molecular formula is C6H7N5O. The molecule has 12 heavy (non-hydrogen) atoms. The molecule has 0 aromatic carbocycles. The van der Waals surface area contributed by atoms with E-state index in [4.69, 9.17) is 5.73 Å². The van der Waals surface area contributed by atoms with Gasteiger partial charge in [-0.2, -0.15) is 14.8 Å². The summed E-state index contributed by atoms with van der Waals surface area (Å²) in [7, 11) is 0. The third kappa shape index (κ3) is 0.782. The Hall–Kier alpha value is -1.56. The molecule has 6 nitrogen and oxygen atoms in total. The van der Waals surface area contributed by atoms with Crippen molar-refractivity contribution in [3.05, 3.63) is 6.33 Å². The van der Waals surface area contributed by atoms with Crippen LogP contribution >= 0.6 is 0 Å². The molecule has 1 aromatic rings. The summed E-state index contributed by atoms with van der Waals surface area (Å²) in [4.78, 5) is 19.1. The lowest BCUT2D eigenvalue weighted by Crippen LogP contribution is -2.43. The zero-order valence-electron chi connectivity index (χ0n) is 6.43. The van der Waals surface area contributed by atoms with Crippen molar-refractivity contribution in [2.75, 3.05) is 0 Å². The molecule has 0 aliphatic carbocycles. The van der Waals surface area contributed by atoms with E-state index in [1.807, 2.05) is 0 Å². The molecule has 1 aromatic heterocycles. The molecule has 0 radical (unpaired) electrons. The fraction of sp³-hybridized carbons (Fsp3) is 0.333. The Morgan fingerprint density at radius 2 is 2.42 bits per heavy atom.